The monoisotopic (exact) mass is 336 g/mol. The lowest BCUT2D eigenvalue weighted by atomic mass is 10.2. The van der Waals surface area contributed by atoms with E-state index >= 15 is 0 Å². The number of aromatic nitrogens is 7. The normalized spacial score (nSPS) is 10.7. The summed E-state index contributed by atoms with van der Waals surface area (Å²) in [5, 5.41) is 20.1. The number of benzene rings is 1. The molecule has 3 heterocycles. The maximum absolute atomic E-state index is 12.4. The Morgan fingerprint density at radius 1 is 1.28 bits per heavy atom. The molecule has 25 heavy (non-hydrogen) atoms. The van der Waals surface area contributed by atoms with Gasteiger partial charge in [0.1, 0.15) is 18.2 Å². The summed E-state index contributed by atoms with van der Waals surface area (Å²) < 4.78 is 6.77. The molecular weight excluding hydrogens is 324 g/mol. The molecule has 3 aromatic heterocycles. The molecule has 0 spiro atoms. The highest BCUT2D eigenvalue weighted by Gasteiger charge is 2.16. The Hall–Kier alpha value is -3.82. The standard InChI is InChI=1S/C15H12N8O2/c24-14(12-7-17-20-13(12)23-9-18-21-22-23)16-6-11-8-25-15(19-11)10-4-2-1-3-5-10/h1-5,7-9H,6H2,(H,16,24)(H,17,20). The fourth-order valence-corrected chi connectivity index (χ4v) is 2.25. The van der Waals surface area contributed by atoms with Gasteiger partial charge in [0.05, 0.1) is 18.4 Å². The average molecular weight is 336 g/mol. The molecular formula is C15H12N8O2. The number of amides is 1. The van der Waals surface area contributed by atoms with Crippen LogP contribution in [0.2, 0.25) is 0 Å². The molecule has 0 unspecified atom stereocenters. The zero-order valence-electron chi connectivity index (χ0n) is 12.8. The van der Waals surface area contributed by atoms with E-state index in [1.807, 2.05) is 30.3 Å². The van der Waals surface area contributed by atoms with Gasteiger partial charge < -0.3 is 9.73 Å². The summed E-state index contributed by atoms with van der Waals surface area (Å²) in [4.78, 5) is 16.7. The van der Waals surface area contributed by atoms with Crippen LogP contribution < -0.4 is 5.32 Å². The Bertz CT molecular complexity index is 974. The largest absolute Gasteiger partial charge is 0.444 e. The minimum atomic E-state index is -0.330. The van der Waals surface area contributed by atoms with E-state index in [0.29, 0.717) is 23.0 Å². The molecule has 0 aliphatic rings. The van der Waals surface area contributed by atoms with Crippen molar-refractivity contribution in [2.75, 3.05) is 0 Å². The number of aromatic amines is 1. The summed E-state index contributed by atoms with van der Waals surface area (Å²) in [5.74, 6) is 0.554. The Morgan fingerprint density at radius 3 is 2.96 bits per heavy atom. The lowest BCUT2D eigenvalue weighted by Gasteiger charge is -2.03. The zero-order valence-corrected chi connectivity index (χ0v) is 12.8. The second-order valence-electron chi connectivity index (χ2n) is 5.08. The number of nitrogens with one attached hydrogen (secondary N) is 2. The van der Waals surface area contributed by atoms with Gasteiger partial charge in [-0.1, -0.05) is 18.2 Å². The Morgan fingerprint density at radius 2 is 2.16 bits per heavy atom. The van der Waals surface area contributed by atoms with Crippen molar-refractivity contribution in [3.63, 3.8) is 0 Å². The van der Waals surface area contributed by atoms with Gasteiger partial charge in [0.15, 0.2) is 5.82 Å². The third kappa shape index (κ3) is 3.00. The number of hydrogen-bond acceptors (Lipinski definition) is 7. The van der Waals surface area contributed by atoms with Gasteiger partial charge in [-0.15, -0.1) is 5.10 Å². The Kier molecular flexibility index (Phi) is 3.75. The first-order chi connectivity index (χ1) is 12.3. The van der Waals surface area contributed by atoms with E-state index in [-0.39, 0.29) is 12.5 Å². The lowest BCUT2D eigenvalue weighted by molar-refractivity contribution is 0.0950. The summed E-state index contributed by atoms with van der Waals surface area (Å²) in [6, 6.07) is 9.53. The van der Waals surface area contributed by atoms with Crippen LogP contribution in [-0.2, 0) is 6.54 Å². The van der Waals surface area contributed by atoms with Gasteiger partial charge in [0, 0.05) is 5.56 Å². The summed E-state index contributed by atoms with van der Waals surface area (Å²) in [5.41, 5.74) is 1.80. The maximum atomic E-state index is 12.4. The SMILES string of the molecule is O=C(NCc1coc(-c2ccccc2)n1)c1cn[nH]c1-n1cnnn1. The number of rotatable bonds is 5. The minimum absolute atomic E-state index is 0.218. The molecule has 10 heteroatoms. The van der Waals surface area contributed by atoms with E-state index in [9.17, 15) is 4.79 Å². The highest BCUT2D eigenvalue weighted by molar-refractivity contribution is 5.96. The molecule has 0 aliphatic carbocycles. The number of nitrogens with zero attached hydrogens (tertiary/aromatic N) is 6. The van der Waals surface area contributed by atoms with Crippen LogP contribution in [0.15, 0.2) is 53.5 Å². The van der Waals surface area contributed by atoms with Crippen LogP contribution in [0.1, 0.15) is 16.1 Å². The second kappa shape index (κ2) is 6.35. The van der Waals surface area contributed by atoms with Crippen LogP contribution in [0.4, 0.5) is 0 Å². The predicted octanol–water partition coefficient (Wildman–Crippen LogP) is 0.970. The Balaban J connectivity index is 1.45. The summed E-state index contributed by atoms with van der Waals surface area (Å²) in [6.45, 7) is 0.218. The number of carbonyl (C=O) groups excluding carboxylic acids is 1. The smallest absolute Gasteiger partial charge is 0.257 e. The van der Waals surface area contributed by atoms with Gasteiger partial charge in [0.25, 0.3) is 5.91 Å². The lowest BCUT2D eigenvalue weighted by Crippen LogP contribution is -2.24. The number of hydrogen-bond donors (Lipinski definition) is 2. The zero-order chi connectivity index (χ0) is 17.1. The van der Waals surface area contributed by atoms with Crippen LogP contribution in [0.25, 0.3) is 17.3 Å². The molecule has 4 rings (SSSR count). The van der Waals surface area contributed by atoms with E-state index in [1.54, 1.807) is 0 Å². The minimum Gasteiger partial charge on any atom is -0.444 e. The van der Waals surface area contributed by atoms with Gasteiger partial charge in [-0.3, -0.25) is 9.89 Å². The van der Waals surface area contributed by atoms with Crippen molar-refractivity contribution in [2.24, 2.45) is 0 Å². The molecule has 4 aromatic rings. The first-order valence-electron chi connectivity index (χ1n) is 7.36. The van der Waals surface area contributed by atoms with Crippen LogP contribution in [0.5, 0.6) is 0 Å². The quantitative estimate of drug-likeness (QED) is 0.556. The number of carbonyl (C=O) groups is 1. The fourth-order valence-electron chi connectivity index (χ4n) is 2.25. The van der Waals surface area contributed by atoms with Gasteiger partial charge in [-0.25, -0.2) is 4.98 Å². The van der Waals surface area contributed by atoms with E-state index in [4.69, 9.17) is 4.42 Å². The molecule has 0 saturated heterocycles. The van der Waals surface area contributed by atoms with Crippen molar-refractivity contribution >= 4 is 5.91 Å². The summed E-state index contributed by atoms with van der Waals surface area (Å²) in [6.07, 6.45) is 4.29. The Labute approximate surface area is 140 Å². The second-order valence-corrected chi connectivity index (χ2v) is 5.08. The molecule has 0 aliphatic heterocycles. The molecule has 0 saturated carbocycles. The third-order valence-corrected chi connectivity index (χ3v) is 3.44. The molecule has 0 radical (unpaired) electrons. The molecule has 1 aromatic carbocycles. The van der Waals surface area contributed by atoms with Crippen LogP contribution in [0.3, 0.4) is 0 Å². The molecule has 1 amide bonds. The van der Waals surface area contributed by atoms with Crippen molar-refractivity contribution < 1.29 is 9.21 Å². The van der Waals surface area contributed by atoms with Crippen LogP contribution in [0, 0.1) is 0 Å². The van der Waals surface area contributed by atoms with Crippen molar-refractivity contribution in [3.05, 3.63) is 60.4 Å². The highest BCUT2D eigenvalue weighted by atomic mass is 16.3. The van der Waals surface area contributed by atoms with Crippen molar-refractivity contribution in [1.29, 1.82) is 0 Å². The van der Waals surface area contributed by atoms with Crippen LogP contribution in [-0.4, -0.2) is 41.3 Å². The molecule has 2 N–H and O–H groups in total. The third-order valence-electron chi connectivity index (χ3n) is 3.44. The van der Waals surface area contributed by atoms with E-state index in [2.05, 4.69) is 36.0 Å². The predicted molar refractivity (Wildman–Crippen MR) is 84.4 cm³/mol. The van der Waals surface area contributed by atoms with Gasteiger partial charge >= 0.3 is 0 Å². The van der Waals surface area contributed by atoms with Gasteiger partial charge in [-0.05, 0) is 22.6 Å². The molecule has 124 valence electrons. The van der Waals surface area contributed by atoms with Gasteiger partial charge in [0.2, 0.25) is 5.89 Å². The van der Waals surface area contributed by atoms with E-state index in [0.717, 1.165) is 5.56 Å². The van der Waals surface area contributed by atoms with Crippen molar-refractivity contribution in [1.82, 2.24) is 40.7 Å². The molecule has 0 atom stereocenters. The van der Waals surface area contributed by atoms with E-state index in [1.165, 1.54) is 23.5 Å². The van der Waals surface area contributed by atoms with E-state index < -0.39 is 0 Å². The topological polar surface area (TPSA) is 127 Å². The first kappa shape index (κ1) is 14.8. The first-order valence-corrected chi connectivity index (χ1v) is 7.36. The molecule has 0 fully saturated rings. The number of tetrazole rings is 1. The van der Waals surface area contributed by atoms with Crippen molar-refractivity contribution in [3.8, 4) is 17.3 Å². The van der Waals surface area contributed by atoms with Gasteiger partial charge in [-0.2, -0.15) is 9.78 Å². The fraction of sp³-hybridized carbons (Fsp3) is 0.0667. The highest BCUT2D eigenvalue weighted by Crippen LogP contribution is 2.18. The van der Waals surface area contributed by atoms with Crippen LogP contribution >= 0.6 is 0 Å². The molecule has 10 nitrogen and oxygen atoms in total. The summed E-state index contributed by atoms with van der Waals surface area (Å²) in [7, 11) is 0. The molecule has 0 bridgehead atoms. The van der Waals surface area contributed by atoms with Crippen molar-refractivity contribution in [2.45, 2.75) is 6.54 Å². The average Bonchev–Trinajstić information content (AvgIpc) is 3.41. The maximum Gasteiger partial charge on any atom is 0.257 e. The number of oxazole rings is 1. The summed E-state index contributed by atoms with van der Waals surface area (Å²) >= 11 is 0. The number of H-pyrrole nitrogens is 1.